The Balaban J connectivity index is 0.000000518. The van der Waals surface area contributed by atoms with Crippen molar-refractivity contribution in [1.29, 1.82) is 0 Å². The molecule has 2 saturated heterocycles. The van der Waals surface area contributed by atoms with Gasteiger partial charge in [0, 0.05) is 25.9 Å². The Morgan fingerprint density at radius 3 is 1.91 bits per heavy atom. The monoisotopic (exact) mass is 520 g/mol. The number of hydrogen-bond donors (Lipinski definition) is 1. The molecule has 0 aromatic heterocycles. The van der Waals surface area contributed by atoms with Gasteiger partial charge in [-0.05, 0) is 25.7 Å². The third kappa shape index (κ3) is 10.2. The Labute approximate surface area is 196 Å². The van der Waals surface area contributed by atoms with E-state index in [9.17, 15) is 40.8 Å². The molecule has 2 aliphatic heterocycles. The summed E-state index contributed by atoms with van der Waals surface area (Å²) in [5, 5.41) is 2.68. The highest BCUT2D eigenvalue weighted by Crippen LogP contribution is 2.26. The van der Waals surface area contributed by atoms with E-state index in [0.29, 0.717) is 19.4 Å². The van der Waals surface area contributed by atoms with Crippen molar-refractivity contribution in [3.63, 3.8) is 0 Å². The van der Waals surface area contributed by atoms with E-state index in [1.807, 2.05) is 6.92 Å². The molecule has 2 rings (SSSR count). The number of methoxy groups -OCH3 is 2. The molecule has 1 unspecified atom stereocenters. The Morgan fingerprint density at radius 1 is 1.03 bits per heavy atom. The molecule has 0 aliphatic carbocycles. The summed E-state index contributed by atoms with van der Waals surface area (Å²) in [7, 11) is -3.50. The first-order valence-electron chi connectivity index (χ1n) is 10.5. The standard InChI is InChI=1S/C9H15NO3.C6H9F3O5S.C4H7NO/c1-3-7(9(12)13-2)10-6-4-5-8(10)11;1-3-4(5(10)13-2)14-15(11,12)6(7,8)9;6-4-2-1-3-5-4/h7H,3-6H2,1-2H3;4H,3H2,1-2H3;1-3H2,(H,5,6)/t;4-;/m.1./s1. The molecule has 0 aromatic rings. The number of esters is 2. The average Bonchev–Trinajstić information content (AvgIpc) is 3.43. The first kappa shape index (κ1) is 31.6. The van der Waals surface area contributed by atoms with E-state index in [0.717, 1.165) is 32.9 Å². The van der Waals surface area contributed by atoms with Gasteiger partial charge in [0.05, 0.1) is 14.2 Å². The first-order chi connectivity index (χ1) is 15.7. The molecule has 2 aliphatic rings. The lowest BCUT2D eigenvalue weighted by atomic mass is 10.2. The zero-order chi connectivity index (χ0) is 26.5. The SMILES string of the molecule is CCC(C(=O)OC)N1CCCC1=O.CC[C@@H](OS(=O)(=O)C(F)(F)F)C(=O)OC.O=C1CCCN1. The fourth-order valence-corrected chi connectivity index (χ4v) is 3.46. The topological polar surface area (TPSA) is 145 Å². The highest BCUT2D eigenvalue weighted by atomic mass is 32.2. The zero-order valence-electron chi connectivity index (χ0n) is 19.5. The summed E-state index contributed by atoms with van der Waals surface area (Å²) in [6.45, 7) is 4.74. The first-order valence-corrected chi connectivity index (χ1v) is 11.9. The maximum atomic E-state index is 11.8. The van der Waals surface area contributed by atoms with Gasteiger partial charge >= 0.3 is 27.6 Å². The van der Waals surface area contributed by atoms with E-state index in [4.69, 9.17) is 0 Å². The minimum Gasteiger partial charge on any atom is -0.467 e. The van der Waals surface area contributed by atoms with Gasteiger partial charge in [-0.25, -0.2) is 13.8 Å². The van der Waals surface area contributed by atoms with Gasteiger partial charge in [-0.1, -0.05) is 13.8 Å². The van der Waals surface area contributed by atoms with Crippen LogP contribution in [0.1, 0.15) is 52.4 Å². The number of halogens is 3. The van der Waals surface area contributed by atoms with Crippen LogP contribution in [0.25, 0.3) is 0 Å². The number of ether oxygens (including phenoxy) is 2. The summed E-state index contributed by atoms with van der Waals surface area (Å²) >= 11 is 0. The molecule has 0 saturated carbocycles. The normalized spacial score (nSPS) is 17.4. The van der Waals surface area contributed by atoms with E-state index in [1.165, 1.54) is 14.0 Å². The van der Waals surface area contributed by atoms with Gasteiger partial charge in [0.2, 0.25) is 11.8 Å². The summed E-state index contributed by atoms with van der Waals surface area (Å²) in [6, 6.07) is -0.375. The molecular weight excluding hydrogens is 489 g/mol. The van der Waals surface area contributed by atoms with Crippen molar-refractivity contribution in [1.82, 2.24) is 10.2 Å². The van der Waals surface area contributed by atoms with Crippen LogP contribution in [0, 0.1) is 0 Å². The van der Waals surface area contributed by atoms with Crippen LogP contribution in [-0.2, 0) is 43.0 Å². The third-order valence-electron chi connectivity index (χ3n) is 4.61. The van der Waals surface area contributed by atoms with Crippen molar-refractivity contribution >= 4 is 33.9 Å². The number of alkyl halides is 3. The van der Waals surface area contributed by atoms with E-state index >= 15 is 0 Å². The van der Waals surface area contributed by atoms with Crippen molar-refractivity contribution in [3.05, 3.63) is 0 Å². The lowest BCUT2D eigenvalue weighted by Crippen LogP contribution is -2.42. The number of hydrogen-bond acceptors (Lipinski definition) is 9. The molecule has 15 heteroatoms. The molecule has 0 bridgehead atoms. The number of likely N-dealkylation sites (tertiary alicyclic amines) is 1. The molecule has 2 amide bonds. The van der Waals surface area contributed by atoms with Crippen LogP contribution in [0.3, 0.4) is 0 Å². The molecular formula is C19H31F3N2O9S. The number of nitrogens with zero attached hydrogens (tertiary/aromatic N) is 1. The van der Waals surface area contributed by atoms with Gasteiger partial charge in [0.15, 0.2) is 6.10 Å². The number of nitrogens with one attached hydrogen (secondary N) is 1. The second kappa shape index (κ2) is 14.8. The van der Waals surface area contributed by atoms with Crippen molar-refractivity contribution in [2.75, 3.05) is 27.3 Å². The average molecular weight is 521 g/mol. The maximum absolute atomic E-state index is 11.8. The molecule has 1 N–H and O–H groups in total. The van der Waals surface area contributed by atoms with E-state index in [1.54, 1.807) is 4.90 Å². The third-order valence-corrected chi connectivity index (χ3v) is 5.66. The molecule has 2 heterocycles. The van der Waals surface area contributed by atoms with Gasteiger partial charge in [-0.3, -0.25) is 9.59 Å². The fraction of sp³-hybridized carbons (Fsp3) is 0.789. The van der Waals surface area contributed by atoms with Crippen LogP contribution in [0.2, 0.25) is 0 Å². The van der Waals surface area contributed by atoms with E-state index < -0.39 is 27.7 Å². The van der Waals surface area contributed by atoms with Gasteiger partial charge in [0.25, 0.3) is 0 Å². The number of amides is 2. The number of carbonyl (C=O) groups excluding carboxylic acids is 4. The van der Waals surface area contributed by atoms with Crippen LogP contribution >= 0.6 is 0 Å². The number of carbonyl (C=O) groups is 4. The van der Waals surface area contributed by atoms with Crippen molar-refractivity contribution < 1.29 is 54.4 Å². The quantitative estimate of drug-likeness (QED) is 0.298. The fourth-order valence-electron chi connectivity index (χ4n) is 2.83. The predicted molar refractivity (Wildman–Crippen MR) is 111 cm³/mol. The highest BCUT2D eigenvalue weighted by molar-refractivity contribution is 7.87. The Kier molecular flexibility index (Phi) is 13.7. The molecule has 0 radical (unpaired) electrons. The molecule has 2 atom stereocenters. The highest BCUT2D eigenvalue weighted by Gasteiger charge is 2.49. The molecule has 2 fully saturated rings. The molecule has 0 spiro atoms. The van der Waals surface area contributed by atoms with Crippen molar-refractivity contribution in [2.24, 2.45) is 0 Å². The second-order valence-electron chi connectivity index (χ2n) is 7.01. The molecule has 34 heavy (non-hydrogen) atoms. The summed E-state index contributed by atoms with van der Waals surface area (Å²) in [5.74, 6) is -1.21. The second-order valence-corrected chi connectivity index (χ2v) is 8.57. The van der Waals surface area contributed by atoms with Crippen LogP contribution in [0.15, 0.2) is 0 Å². The summed E-state index contributed by atoms with van der Waals surface area (Å²) < 4.78 is 68.8. The van der Waals surface area contributed by atoms with Gasteiger partial charge < -0.3 is 19.7 Å². The lowest BCUT2D eigenvalue weighted by Gasteiger charge is -2.23. The van der Waals surface area contributed by atoms with Crippen LogP contribution in [0.4, 0.5) is 13.2 Å². The predicted octanol–water partition coefficient (Wildman–Crippen LogP) is 1.26. The minimum atomic E-state index is -5.76. The van der Waals surface area contributed by atoms with Crippen LogP contribution in [0.5, 0.6) is 0 Å². The summed E-state index contributed by atoms with van der Waals surface area (Å²) in [4.78, 5) is 45.1. The number of rotatable bonds is 7. The van der Waals surface area contributed by atoms with Crippen LogP contribution < -0.4 is 5.32 Å². The van der Waals surface area contributed by atoms with E-state index in [2.05, 4.69) is 19.0 Å². The Morgan fingerprint density at radius 2 is 1.62 bits per heavy atom. The van der Waals surface area contributed by atoms with Crippen LogP contribution in [-0.4, -0.2) is 82.0 Å². The minimum absolute atomic E-state index is 0.0669. The summed E-state index contributed by atoms with van der Waals surface area (Å²) in [5.41, 5.74) is -5.55. The van der Waals surface area contributed by atoms with Gasteiger partial charge in [-0.15, -0.1) is 0 Å². The van der Waals surface area contributed by atoms with Gasteiger partial charge in [0.1, 0.15) is 6.04 Å². The smallest absolute Gasteiger partial charge is 0.467 e. The van der Waals surface area contributed by atoms with Crippen molar-refractivity contribution in [2.45, 2.75) is 70.0 Å². The zero-order valence-corrected chi connectivity index (χ0v) is 20.3. The molecule has 198 valence electrons. The molecule has 0 aromatic carbocycles. The van der Waals surface area contributed by atoms with Gasteiger partial charge in [-0.2, -0.15) is 21.6 Å². The summed E-state index contributed by atoms with van der Waals surface area (Å²) in [6.07, 6.45) is 1.78. The van der Waals surface area contributed by atoms with E-state index in [-0.39, 0.29) is 30.2 Å². The van der Waals surface area contributed by atoms with Crippen molar-refractivity contribution in [3.8, 4) is 0 Å². The Bertz CT molecular complexity index is 795. The Hall–Kier alpha value is -2.42. The lowest BCUT2D eigenvalue weighted by molar-refractivity contribution is -0.151. The maximum Gasteiger partial charge on any atom is 0.523 e. The largest absolute Gasteiger partial charge is 0.523 e. The molecule has 11 nitrogen and oxygen atoms in total.